The van der Waals surface area contributed by atoms with Gasteiger partial charge in [0.25, 0.3) is 0 Å². The van der Waals surface area contributed by atoms with Gasteiger partial charge in [-0.2, -0.15) is 0 Å². The van der Waals surface area contributed by atoms with Crippen molar-refractivity contribution in [3.8, 4) is 5.75 Å². The molecule has 1 saturated carbocycles. The summed E-state index contributed by atoms with van der Waals surface area (Å²) in [4.78, 5) is 0. The van der Waals surface area contributed by atoms with Crippen LogP contribution in [0.2, 0.25) is 0 Å². The molecule has 2 N–H and O–H groups in total. The average molecular weight is 318 g/mol. The van der Waals surface area contributed by atoms with E-state index in [4.69, 9.17) is 10.5 Å². The highest BCUT2D eigenvalue weighted by atomic mass is 16.5. The average Bonchev–Trinajstić information content (AvgIpc) is 2.61. The van der Waals surface area contributed by atoms with E-state index in [1.54, 1.807) is 0 Å². The van der Waals surface area contributed by atoms with Gasteiger partial charge >= 0.3 is 0 Å². The van der Waals surface area contributed by atoms with Crippen LogP contribution in [0.1, 0.15) is 82.6 Å². The molecule has 1 aromatic rings. The quantitative estimate of drug-likeness (QED) is 0.565. The predicted molar refractivity (Wildman–Crippen MR) is 99.1 cm³/mol. The van der Waals surface area contributed by atoms with Gasteiger partial charge in [0, 0.05) is 6.54 Å². The fourth-order valence-electron chi connectivity index (χ4n) is 3.83. The fraction of sp³-hybridized carbons (Fsp3) is 0.714. The summed E-state index contributed by atoms with van der Waals surface area (Å²) < 4.78 is 5.56. The molecule has 23 heavy (non-hydrogen) atoms. The maximum atomic E-state index is 5.56. The van der Waals surface area contributed by atoms with E-state index in [0.29, 0.717) is 13.2 Å². The minimum absolute atomic E-state index is 0.574. The topological polar surface area (TPSA) is 35.2 Å². The van der Waals surface area contributed by atoms with Crippen molar-refractivity contribution in [2.75, 3.05) is 13.2 Å². The highest BCUT2D eigenvalue weighted by Crippen LogP contribution is 2.38. The lowest BCUT2D eigenvalue weighted by Gasteiger charge is -2.29. The first kappa shape index (κ1) is 18.3. The Morgan fingerprint density at radius 1 is 0.957 bits per heavy atom. The number of nitrogens with two attached hydrogens (primary N) is 1. The molecule has 1 fully saturated rings. The molecule has 0 atom stereocenters. The Morgan fingerprint density at radius 3 is 2.30 bits per heavy atom. The van der Waals surface area contributed by atoms with Crippen LogP contribution in [0.5, 0.6) is 5.75 Å². The molecule has 2 rings (SSSR count). The van der Waals surface area contributed by atoms with Crippen LogP contribution < -0.4 is 10.5 Å². The maximum absolute atomic E-state index is 5.56. The van der Waals surface area contributed by atoms with E-state index in [1.165, 1.54) is 69.8 Å². The smallest absolute Gasteiger partial charge is 0.119 e. The van der Waals surface area contributed by atoms with Gasteiger partial charge in [-0.25, -0.2) is 0 Å². The molecule has 0 amide bonds. The van der Waals surface area contributed by atoms with Crippen LogP contribution in [0.25, 0.3) is 0 Å². The molecule has 0 radical (unpaired) electrons. The van der Waals surface area contributed by atoms with Crippen molar-refractivity contribution in [2.24, 2.45) is 11.7 Å². The van der Waals surface area contributed by atoms with Crippen LogP contribution in [0.3, 0.4) is 0 Å². The molecule has 2 nitrogen and oxygen atoms in total. The van der Waals surface area contributed by atoms with Gasteiger partial charge in [-0.3, -0.25) is 0 Å². The van der Waals surface area contributed by atoms with E-state index in [-0.39, 0.29) is 0 Å². The van der Waals surface area contributed by atoms with E-state index < -0.39 is 0 Å². The molecular formula is C21H35NO. The number of benzene rings is 1. The minimum atomic E-state index is 0.574. The number of unbranched alkanes of at least 4 members (excludes halogenated alkanes) is 4. The van der Waals surface area contributed by atoms with E-state index in [0.717, 1.165) is 17.6 Å². The summed E-state index contributed by atoms with van der Waals surface area (Å²) >= 11 is 0. The summed E-state index contributed by atoms with van der Waals surface area (Å²) in [6, 6.07) is 8.71. The SMILES string of the molecule is CCCCCCCC1CCC(c2ccc(OCCN)cc2)CC1. The van der Waals surface area contributed by atoms with Crippen LogP contribution in [0.4, 0.5) is 0 Å². The molecule has 0 unspecified atom stereocenters. The molecular weight excluding hydrogens is 282 g/mol. The first-order chi connectivity index (χ1) is 11.3. The van der Waals surface area contributed by atoms with Crippen molar-refractivity contribution >= 4 is 0 Å². The fourth-order valence-corrected chi connectivity index (χ4v) is 3.83. The zero-order chi connectivity index (χ0) is 16.3. The van der Waals surface area contributed by atoms with Crippen molar-refractivity contribution in [3.05, 3.63) is 29.8 Å². The van der Waals surface area contributed by atoms with Crippen molar-refractivity contribution in [1.29, 1.82) is 0 Å². The van der Waals surface area contributed by atoms with Gasteiger partial charge in [0.05, 0.1) is 0 Å². The summed E-state index contributed by atoms with van der Waals surface area (Å²) in [5.41, 5.74) is 6.96. The zero-order valence-corrected chi connectivity index (χ0v) is 14.9. The van der Waals surface area contributed by atoms with Crippen molar-refractivity contribution in [2.45, 2.75) is 77.0 Å². The molecule has 0 heterocycles. The molecule has 1 aliphatic rings. The lowest BCUT2D eigenvalue weighted by atomic mass is 9.77. The third-order valence-corrected chi connectivity index (χ3v) is 5.30. The zero-order valence-electron chi connectivity index (χ0n) is 14.9. The van der Waals surface area contributed by atoms with Crippen molar-refractivity contribution < 1.29 is 4.74 Å². The standard InChI is InChI=1S/C21H35NO/c1-2-3-4-5-6-7-18-8-10-19(11-9-18)20-12-14-21(15-13-20)23-17-16-22/h12-15,18-19H,2-11,16-17,22H2,1H3. The second-order valence-corrected chi connectivity index (χ2v) is 7.13. The number of ether oxygens (including phenoxy) is 1. The normalized spacial score (nSPS) is 21.3. The van der Waals surface area contributed by atoms with Crippen LogP contribution in [-0.2, 0) is 0 Å². The third kappa shape index (κ3) is 6.55. The minimum Gasteiger partial charge on any atom is -0.492 e. The number of rotatable bonds is 10. The van der Waals surface area contributed by atoms with Gasteiger partial charge in [0.15, 0.2) is 0 Å². The second kappa shape index (κ2) is 10.7. The van der Waals surface area contributed by atoms with E-state index in [9.17, 15) is 0 Å². The van der Waals surface area contributed by atoms with Crippen LogP contribution >= 0.6 is 0 Å². The van der Waals surface area contributed by atoms with E-state index in [1.807, 2.05) is 0 Å². The highest BCUT2D eigenvalue weighted by Gasteiger charge is 2.21. The lowest BCUT2D eigenvalue weighted by Crippen LogP contribution is -2.13. The Balaban J connectivity index is 1.67. The van der Waals surface area contributed by atoms with Gasteiger partial charge in [-0.1, -0.05) is 57.6 Å². The summed E-state index contributed by atoms with van der Waals surface area (Å²) in [5.74, 6) is 2.69. The molecule has 2 heteroatoms. The summed E-state index contributed by atoms with van der Waals surface area (Å²) in [7, 11) is 0. The van der Waals surface area contributed by atoms with Gasteiger partial charge in [-0.05, 0) is 55.2 Å². The molecule has 0 aromatic heterocycles. The number of hydrogen-bond donors (Lipinski definition) is 1. The van der Waals surface area contributed by atoms with Crippen LogP contribution in [-0.4, -0.2) is 13.2 Å². The largest absolute Gasteiger partial charge is 0.492 e. The molecule has 0 bridgehead atoms. The molecule has 0 aliphatic heterocycles. The monoisotopic (exact) mass is 317 g/mol. The second-order valence-electron chi connectivity index (χ2n) is 7.13. The summed E-state index contributed by atoms with van der Waals surface area (Å²) in [6.45, 7) is 3.46. The molecule has 1 aromatic carbocycles. The maximum Gasteiger partial charge on any atom is 0.119 e. The van der Waals surface area contributed by atoms with Gasteiger partial charge < -0.3 is 10.5 Å². The van der Waals surface area contributed by atoms with Gasteiger partial charge in [0.2, 0.25) is 0 Å². The van der Waals surface area contributed by atoms with Gasteiger partial charge in [0.1, 0.15) is 12.4 Å². The summed E-state index contributed by atoms with van der Waals surface area (Å²) in [5, 5.41) is 0. The lowest BCUT2D eigenvalue weighted by molar-refractivity contribution is 0.301. The summed E-state index contributed by atoms with van der Waals surface area (Å²) in [6.07, 6.45) is 14.1. The van der Waals surface area contributed by atoms with Gasteiger partial charge in [-0.15, -0.1) is 0 Å². The highest BCUT2D eigenvalue weighted by molar-refractivity contribution is 5.29. The molecule has 0 saturated heterocycles. The third-order valence-electron chi connectivity index (χ3n) is 5.30. The van der Waals surface area contributed by atoms with Crippen molar-refractivity contribution in [3.63, 3.8) is 0 Å². The Labute approximate surface area is 142 Å². The Kier molecular flexibility index (Phi) is 8.52. The Morgan fingerprint density at radius 2 is 1.65 bits per heavy atom. The van der Waals surface area contributed by atoms with Crippen LogP contribution in [0.15, 0.2) is 24.3 Å². The molecule has 1 aliphatic carbocycles. The van der Waals surface area contributed by atoms with E-state index >= 15 is 0 Å². The number of hydrogen-bond acceptors (Lipinski definition) is 2. The predicted octanol–water partition coefficient (Wildman–Crippen LogP) is 5.66. The van der Waals surface area contributed by atoms with Crippen LogP contribution in [0, 0.1) is 5.92 Å². The van der Waals surface area contributed by atoms with Crippen molar-refractivity contribution in [1.82, 2.24) is 0 Å². The molecule has 0 spiro atoms. The first-order valence-corrected chi connectivity index (χ1v) is 9.76. The Bertz CT molecular complexity index is 406. The first-order valence-electron chi connectivity index (χ1n) is 9.76. The van der Waals surface area contributed by atoms with E-state index in [2.05, 4.69) is 31.2 Å². The Hall–Kier alpha value is -1.02. The molecule has 130 valence electrons.